The van der Waals surface area contributed by atoms with Gasteiger partial charge in [-0.05, 0) is 110 Å². The number of anilines is 3. The largest absolute Gasteiger partial charge is 0.342 e. The summed E-state index contributed by atoms with van der Waals surface area (Å²) in [6.07, 6.45) is 5.24. The number of halogens is 1. The van der Waals surface area contributed by atoms with Crippen LogP contribution in [0, 0.1) is 0 Å². The second kappa shape index (κ2) is 11.7. The number of piperidine rings is 1. The zero-order chi connectivity index (χ0) is 28.4. The van der Waals surface area contributed by atoms with E-state index in [0.29, 0.717) is 24.8 Å². The van der Waals surface area contributed by atoms with Gasteiger partial charge >= 0.3 is 0 Å². The predicted molar refractivity (Wildman–Crippen MR) is 162 cm³/mol. The van der Waals surface area contributed by atoms with Crippen molar-refractivity contribution in [2.75, 3.05) is 44.4 Å². The lowest BCUT2D eigenvalue weighted by Crippen LogP contribution is -2.42. The smallest absolute Gasteiger partial charge is 0.236 e. The number of carbonyl (C=O) groups excluding carboxylic acids is 2. The first-order chi connectivity index (χ1) is 19.1. The van der Waals surface area contributed by atoms with E-state index in [2.05, 4.69) is 61.9 Å². The molecule has 0 bridgehead atoms. The van der Waals surface area contributed by atoms with Crippen molar-refractivity contribution < 1.29 is 9.59 Å². The summed E-state index contributed by atoms with van der Waals surface area (Å²) in [5.41, 5.74) is 5.74. The molecule has 9 heteroatoms. The number of rotatable bonds is 8. The maximum Gasteiger partial charge on any atom is 0.236 e. The maximum atomic E-state index is 12.5. The minimum Gasteiger partial charge on any atom is -0.342 e. The molecule has 0 aliphatic carbocycles. The molecule has 1 fully saturated rings. The molecule has 2 N–H and O–H groups in total. The van der Waals surface area contributed by atoms with Crippen LogP contribution in [0.15, 0.2) is 53.1 Å². The SMILES string of the molecule is CN(C)CC(=O)N1CCC(c2ccc(Nc3ncc(Br)c(CCc4cccc5c4C(C)(C)C(=O)N5)n3)cc2)CC1. The standard InChI is InChI=1S/C31H37BrN6O2/c1-31(2)28-22(6-5-7-26(28)35-29(31)40)10-13-25-24(32)18-33-30(36-25)34-23-11-8-20(9-12-23)21-14-16-38(17-15-21)27(39)19-37(3)4/h5-9,11-12,18,21H,10,13-17,19H2,1-4H3,(H,35,40)(H,33,34,36). The Hall–Kier alpha value is -3.30. The molecule has 0 radical (unpaired) electrons. The van der Waals surface area contributed by atoms with Crippen LogP contribution in [0.5, 0.6) is 0 Å². The summed E-state index contributed by atoms with van der Waals surface area (Å²) in [4.78, 5) is 38.0. The summed E-state index contributed by atoms with van der Waals surface area (Å²) in [6, 6.07) is 14.5. The number of likely N-dealkylation sites (tertiary alicyclic amines) is 1. The number of nitrogens with zero attached hydrogens (tertiary/aromatic N) is 4. The number of aromatic nitrogens is 2. The minimum atomic E-state index is -0.547. The number of benzene rings is 2. The molecule has 40 heavy (non-hydrogen) atoms. The first-order valence-corrected chi connectivity index (χ1v) is 14.7. The van der Waals surface area contributed by atoms with Gasteiger partial charge in [-0.15, -0.1) is 0 Å². The normalized spacial score (nSPS) is 16.6. The van der Waals surface area contributed by atoms with Crippen LogP contribution in [-0.2, 0) is 27.8 Å². The van der Waals surface area contributed by atoms with Crippen molar-refractivity contribution in [2.45, 2.75) is 50.9 Å². The van der Waals surface area contributed by atoms with Gasteiger partial charge in [-0.1, -0.05) is 24.3 Å². The Balaban J connectivity index is 1.20. The van der Waals surface area contributed by atoms with Crippen LogP contribution in [-0.4, -0.2) is 65.3 Å². The number of hydrogen-bond acceptors (Lipinski definition) is 6. The highest BCUT2D eigenvalue weighted by Crippen LogP contribution is 2.40. The topological polar surface area (TPSA) is 90.5 Å². The van der Waals surface area contributed by atoms with Crippen LogP contribution in [0.3, 0.4) is 0 Å². The summed E-state index contributed by atoms with van der Waals surface area (Å²) in [5, 5.41) is 6.36. The van der Waals surface area contributed by atoms with E-state index in [1.54, 1.807) is 6.20 Å². The first-order valence-electron chi connectivity index (χ1n) is 13.9. The second-order valence-electron chi connectivity index (χ2n) is 11.5. The summed E-state index contributed by atoms with van der Waals surface area (Å²) in [6.45, 7) is 6.03. The Bertz CT molecular complexity index is 1400. The number of amides is 2. The molecule has 0 atom stereocenters. The summed E-state index contributed by atoms with van der Waals surface area (Å²) >= 11 is 3.62. The van der Waals surface area contributed by atoms with Gasteiger partial charge in [0.15, 0.2) is 0 Å². The third-order valence-electron chi connectivity index (χ3n) is 7.98. The fourth-order valence-electron chi connectivity index (χ4n) is 5.73. The van der Waals surface area contributed by atoms with Crippen molar-refractivity contribution in [3.05, 3.63) is 75.5 Å². The molecule has 1 aromatic heterocycles. The molecule has 0 unspecified atom stereocenters. The Morgan fingerprint density at radius 1 is 1.12 bits per heavy atom. The van der Waals surface area contributed by atoms with Gasteiger partial charge in [0.25, 0.3) is 0 Å². The maximum absolute atomic E-state index is 12.5. The average Bonchev–Trinajstić information content (AvgIpc) is 3.17. The quantitative estimate of drug-likeness (QED) is 0.364. The summed E-state index contributed by atoms with van der Waals surface area (Å²) < 4.78 is 0.866. The van der Waals surface area contributed by atoms with Gasteiger partial charge in [0.2, 0.25) is 17.8 Å². The van der Waals surface area contributed by atoms with E-state index >= 15 is 0 Å². The molecule has 5 rings (SSSR count). The fraction of sp³-hybridized carbons (Fsp3) is 0.419. The number of aryl methyl sites for hydroxylation is 2. The first kappa shape index (κ1) is 28.2. The minimum absolute atomic E-state index is 0.0382. The zero-order valence-electron chi connectivity index (χ0n) is 23.6. The molecule has 8 nitrogen and oxygen atoms in total. The van der Waals surface area contributed by atoms with Crippen molar-refractivity contribution in [2.24, 2.45) is 0 Å². The second-order valence-corrected chi connectivity index (χ2v) is 12.4. The third kappa shape index (κ3) is 6.05. The van der Waals surface area contributed by atoms with Crippen LogP contribution < -0.4 is 10.6 Å². The fourth-order valence-corrected chi connectivity index (χ4v) is 6.12. The predicted octanol–water partition coefficient (Wildman–Crippen LogP) is 5.27. The van der Waals surface area contributed by atoms with E-state index in [9.17, 15) is 9.59 Å². The lowest BCUT2D eigenvalue weighted by molar-refractivity contribution is -0.132. The van der Waals surface area contributed by atoms with E-state index in [0.717, 1.165) is 65.0 Å². The van der Waals surface area contributed by atoms with Gasteiger partial charge < -0.3 is 20.4 Å². The molecular formula is C31H37BrN6O2. The van der Waals surface area contributed by atoms with Crippen LogP contribution in [0.1, 0.15) is 55.0 Å². The van der Waals surface area contributed by atoms with E-state index in [1.165, 1.54) is 5.56 Å². The Labute approximate surface area is 244 Å². The van der Waals surface area contributed by atoms with Crippen molar-refractivity contribution in [3.8, 4) is 0 Å². The molecule has 3 aromatic rings. The van der Waals surface area contributed by atoms with E-state index < -0.39 is 5.41 Å². The van der Waals surface area contributed by atoms with Gasteiger partial charge in [0.1, 0.15) is 0 Å². The van der Waals surface area contributed by atoms with Crippen LogP contribution in [0.25, 0.3) is 0 Å². The molecule has 2 aromatic carbocycles. The monoisotopic (exact) mass is 604 g/mol. The Morgan fingerprint density at radius 2 is 1.85 bits per heavy atom. The highest BCUT2D eigenvalue weighted by molar-refractivity contribution is 9.10. The van der Waals surface area contributed by atoms with Crippen molar-refractivity contribution in [1.82, 2.24) is 19.8 Å². The number of likely N-dealkylation sites (N-methyl/N-ethyl adjacent to an activating group) is 1. The molecule has 0 spiro atoms. The Morgan fingerprint density at radius 3 is 2.55 bits per heavy atom. The number of carbonyl (C=O) groups is 2. The molecule has 3 heterocycles. The highest BCUT2D eigenvalue weighted by Gasteiger charge is 2.39. The molecule has 2 amide bonds. The zero-order valence-corrected chi connectivity index (χ0v) is 25.2. The highest BCUT2D eigenvalue weighted by atomic mass is 79.9. The van der Waals surface area contributed by atoms with E-state index in [4.69, 9.17) is 4.98 Å². The lowest BCUT2D eigenvalue weighted by Gasteiger charge is -2.33. The van der Waals surface area contributed by atoms with E-state index in [1.807, 2.05) is 49.9 Å². The van der Waals surface area contributed by atoms with Gasteiger partial charge in [-0.25, -0.2) is 9.97 Å². The molecule has 0 saturated carbocycles. The number of nitrogens with one attached hydrogen (secondary N) is 2. The average molecular weight is 606 g/mol. The molecule has 210 valence electrons. The Kier molecular flexibility index (Phi) is 8.24. The molecule has 2 aliphatic heterocycles. The van der Waals surface area contributed by atoms with Crippen LogP contribution in [0.2, 0.25) is 0 Å². The number of hydrogen-bond donors (Lipinski definition) is 2. The van der Waals surface area contributed by atoms with Crippen molar-refractivity contribution in [1.29, 1.82) is 0 Å². The van der Waals surface area contributed by atoms with Gasteiger partial charge in [0.05, 0.1) is 22.1 Å². The summed E-state index contributed by atoms with van der Waals surface area (Å²) in [5.74, 6) is 1.26. The van der Waals surface area contributed by atoms with Gasteiger partial charge in [0, 0.05) is 30.7 Å². The van der Waals surface area contributed by atoms with Crippen molar-refractivity contribution >= 4 is 45.1 Å². The van der Waals surface area contributed by atoms with Crippen molar-refractivity contribution in [3.63, 3.8) is 0 Å². The molecule has 2 aliphatic rings. The van der Waals surface area contributed by atoms with Crippen LogP contribution in [0.4, 0.5) is 17.3 Å². The van der Waals surface area contributed by atoms with Gasteiger partial charge in [-0.3, -0.25) is 9.59 Å². The molecular weight excluding hydrogens is 568 g/mol. The lowest BCUT2D eigenvalue weighted by atomic mass is 9.82. The van der Waals surface area contributed by atoms with Crippen LogP contribution >= 0.6 is 15.9 Å². The van der Waals surface area contributed by atoms with Gasteiger partial charge in [-0.2, -0.15) is 0 Å². The number of fused-ring (bicyclic) bond motifs is 1. The third-order valence-corrected chi connectivity index (χ3v) is 8.64. The molecule has 1 saturated heterocycles. The van der Waals surface area contributed by atoms with E-state index in [-0.39, 0.29) is 11.8 Å². The summed E-state index contributed by atoms with van der Waals surface area (Å²) in [7, 11) is 3.86.